The summed E-state index contributed by atoms with van der Waals surface area (Å²) in [5.74, 6) is -0.0161. The quantitative estimate of drug-likeness (QED) is 0.685. The van der Waals surface area contributed by atoms with Crippen LogP contribution in [-0.2, 0) is 0 Å². The van der Waals surface area contributed by atoms with E-state index >= 15 is 0 Å². The molecular weight excluding hydrogens is 196 g/mol. The number of carbonyl (C=O) groups is 1. The molecule has 1 aromatic heterocycles. The Morgan fingerprint density at radius 2 is 2.13 bits per heavy atom. The molecule has 1 aromatic rings. The average Bonchev–Trinajstić information content (AvgIpc) is 2.65. The van der Waals surface area contributed by atoms with Crippen molar-refractivity contribution in [3.05, 3.63) is 12.0 Å². The maximum absolute atomic E-state index is 11.9. The van der Waals surface area contributed by atoms with Gasteiger partial charge < -0.3 is 20.1 Å². The van der Waals surface area contributed by atoms with E-state index in [0.29, 0.717) is 18.8 Å². The van der Waals surface area contributed by atoms with E-state index in [1.807, 2.05) is 7.05 Å². The highest BCUT2D eigenvalue weighted by Gasteiger charge is 2.24. The number of amides is 1. The molecule has 0 atom stereocenters. The molecule has 2 rings (SSSR count). The molecule has 0 radical (unpaired) electrons. The maximum Gasteiger partial charge on any atom is 0.294 e. The molecule has 0 saturated carbocycles. The van der Waals surface area contributed by atoms with Gasteiger partial charge in [-0.3, -0.25) is 4.79 Å². The summed E-state index contributed by atoms with van der Waals surface area (Å²) in [5.41, 5.74) is 5.87. The largest absolute Gasteiger partial charge is 0.394 e. The third kappa shape index (κ3) is 1.94. The van der Waals surface area contributed by atoms with E-state index in [1.165, 1.54) is 6.20 Å². The molecule has 1 aliphatic heterocycles. The normalized spacial score (nSPS) is 18.1. The zero-order chi connectivity index (χ0) is 10.8. The van der Waals surface area contributed by atoms with Crippen LogP contribution in [0.25, 0.3) is 0 Å². The summed E-state index contributed by atoms with van der Waals surface area (Å²) in [6.07, 6.45) is 1.35. The van der Waals surface area contributed by atoms with E-state index in [9.17, 15) is 4.79 Å². The van der Waals surface area contributed by atoms with Crippen molar-refractivity contribution in [3.63, 3.8) is 0 Å². The molecule has 0 unspecified atom stereocenters. The van der Waals surface area contributed by atoms with Crippen molar-refractivity contribution in [1.29, 1.82) is 0 Å². The summed E-state index contributed by atoms with van der Waals surface area (Å²) in [4.78, 5) is 15.8. The minimum atomic E-state index is -0.168. The zero-order valence-corrected chi connectivity index (χ0v) is 8.64. The second-order valence-electron chi connectivity index (χ2n) is 3.71. The molecule has 0 bridgehead atoms. The van der Waals surface area contributed by atoms with Crippen LogP contribution in [0.4, 0.5) is 5.69 Å². The van der Waals surface area contributed by atoms with Crippen LogP contribution in [-0.4, -0.2) is 54.1 Å². The summed E-state index contributed by atoms with van der Waals surface area (Å²) in [7, 11) is 2.03. The van der Waals surface area contributed by atoms with Crippen molar-refractivity contribution in [2.24, 2.45) is 0 Å². The molecule has 1 saturated heterocycles. The Morgan fingerprint density at radius 1 is 1.47 bits per heavy atom. The number of piperazine rings is 1. The van der Waals surface area contributed by atoms with Gasteiger partial charge in [-0.05, 0) is 7.05 Å². The number of anilines is 1. The van der Waals surface area contributed by atoms with E-state index in [-0.39, 0.29) is 11.7 Å². The van der Waals surface area contributed by atoms with Crippen LogP contribution < -0.4 is 5.73 Å². The van der Waals surface area contributed by atoms with Crippen molar-refractivity contribution < 1.29 is 9.32 Å². The van der Waals surface area contributed by atoms with E-state index < -0.39 is 0 Å². The Hall–Kier alpha value is -1.56. The third-order valence-electron chi connectivity index (χ3n) is 2.58. The van der Waals surface area contributed by atoms with Gasteiger partial charge in [0, 0.05) is 26.2 Å². The number of rotatable bonds is 1. The Morgan fingerprint density at radius 3 is 2.67 bits per heavy atom. The number of nitrogens with two attached hydrogens (primary N) is 1. The molecule has 0 aromatic carbocycles. The van der Waals surface area contributed by atoms with Crippen LogP contribution in [0, 0.1) is 0 Å². The van der Waals surface area contributed by atoms with E-state index in [1.54, 1.807) is 4.90 Å². The highest BCUT2D eigenvalue weighted by molar-refractivity contribution is 5.96. The summed E-state index contributed by atoms with van der Waals surface area (Å²) in [6.45, 7) is 3.16. The molecule has 2 N–H and O–H groups in total. The van der Waals surface area contributed by atoms with Gasteiger partial charge in [0.15, 0.2) is 0 Å². The summed E-state index contributed by atoms with van der Waals surface area (Å²) in [5, 5.41) is 3.49. The molecule has 15 heavy (non-hydrogen) atoms. The van der Waals surface area contributed by atoms with Gasteiger partial charge in [0.1, 0.15) is 5.69 Å². The molecule has 1 amide bonds. The van der Waals surface area contributed by atoms with Crippen molar-refractivity contribution in [2.45, 2.75) is 0 Å². The molecule has 6 nitrogen and oxygen atoms in total. The van der Waals surface area contributed by atoms with Crippen LogP contribution in [0.5, 0.6) is 0 Å². The number of likely N-dealkylation sites (N-methyl/N-ethyl adjacent to an activating group) is 1. The summed E-state index contributed by atoms with van der Waals surface area (Å²) in [6, 6.07) is 0. The number of nitrogen functional groups attached to an aromatic ring is 1. The van der Waals surface area contributed by atoms with Crippen molar-refractivity contribution in [1.82, 2.24) is 15.0 Å². The highest BCUT2D eigenvalue weighted by atomic mass is 16.5. The second kappa shape index (κ2) is 3.90. The highest BCUT2D eigenvalue weighted by Crippen LogP contribution is 2.13. The fourth-order valence-electron chi connectivity index (χ4n) is 1.56. The van der Waals surface area contributed by atoms with Gasteiger partial charge in [0.25, 0.3) is 5.91 Å². The molecule has 82 valence electrons. The molecular formula is C9H14N4O2. The fraction of sp³-hybridized carbons (Fsp3) is 0.556. The van der Waals surface area contributed by atoms with E-state index in [4.69, 9.17) is 10.3 Å². The first kappa shape index (κ1) is 9.97. The molecule has 0 aliphatic carbocycles. The number of aromatic nitrogens is 1. The van der Waals surface area contributed by atoms with Gasteiger partial charge in [0.05, 0.1) is 6.20 Å². The third-order valence-corrected chi connectivity index (χ3v) is 2.58. The molecule has 2 heterocycles. The van der Waals surface area contributed by atoms with Crippen LogP contribution >= 0.6 is 0 Å². The minimum Gasteiger partial charge on any atom is -0.394 e. The minimum absolute atomic E-state index is 0.152. The van der Waals surface area contributed by atoms with Crippen LogP contribution in [0.1, 0.15) is 10.6 Å². The monoisotopic (exact) mass is 210 g/mol. The average molecular weight is 210 g/mol. The standard InChI is InChI=1S/C9H14N4O2/c1-12-2-4-13(5-3-12)9(14)8-7(10)6-11-15-8/h6H,2-5,10H2,1H3. The van der Waals surface area contributed by atoms with Crippen LogP contribution in [0.15, 0.2) is 10.7 Å². The van der Waals surface area contributed by atoms with Crippen molar-refractivity contribution >= 4 is 11.6 Å². The lowest BCUT2D eigenvalue weighted by Crippen LogP contribution is -2.47. The van der Waals surface area contributed by atoms with Gasteiger partial charge in [-0.2, -0.15) is 0 Å². The first-order valence-corrected chi connectivity index (χ1v) is 4.86. The maximum atomic E-state index is 11.9. The summed E-state index contributed by atoms with van der Waals surface area (Å²) >= 11 is 0. The van der Waals surface area contributed by atoms with Gasteiger partial charge in [-0.15, -0.1) is 0 Å². The van der Waals surface area contributed by atoms with Crippen LogP contribution in [0.3, 0.4) is 0 Å². The number of hydrogen-bond acceptors (Lipinski definition) is 5. The predicted octanol–water partition coefficient (Wildman–Crippen LogP) is -0.356. The first-order valence-electron chi connectivity index (χ1n) is 4.86. The summed E-state index contributed by atoms with van der Waals surface area (Å²) < 4.78 is 4.83. The van der Waals surface area contributed by atoms with Gasteiger partial charge >= 0.3 is 0 Å². The second-order valence-corrected chi connectivity index (χ2v) is 3.71. The van der Waals surface area contributed by atoms with Crippen molar-refractivity contribution in [3.8, 4) is 0 Å². The molecule has 6 heteroatoms. The van der Waals surface area contributed by atoms with Gasteiger partial charge in [-0.1, -0.05) is 5.16 Å². The Bertz CT molecular complexity index is 355. The van der Waals surface area contributed by atoms with Crippen molar-refractivity contribution in [2.75, 3.05) is 39.0 Å². The topological polar surface area (TPSA) is 75.6 Å². The van der Waals surface area contributed by atoms with E-state index in [2.05, 4.69) is 10.1 Å². The lowest BCUT2D eigenvalue weighted by Gasteiger charge is -2.31. The number of carbonyl (C=O) groups excluding carboxylic acids is 1. The fourth-order valence-corrected chi connectivity index (χ4v) is 1.56. The molecule has 1 aliphatic rings. The number of hydrogen-bond donors (Lipinski definition) is 1. The van der Waals surface area contributed by atoms with Crippen LogP contribution in [0.2, 0.25) is 0 Å². The molecule has 0 spiro atoms. The number of nitrogens with zero attached hydrogens (tertiary/aromatic N) is 3. The SMILES string of the molecule is CN1CCN(C(=O)c2oncc2N)CC1. The van der Waals surface area contributed by atoms with E-state index in [0.717, 1.165) is 13.1 Å². The lowest BCUT2D eigenvalue weighted by molar-refractivity contribution is 0.0624. The first-order chi connectivity index (χ1) is 7.18. The van der Waals surface area contributed by atoms with Gasteiger partial charge in [0.2, 0.25) is 5.76 Å². The Labute approximate surface area is 87.6 Å². The lowest BCUT2D eigenvalue weighted by atomic mass is 10.3. The predicted molar refractivity (Wildman–Crippen MR) is 54.3 cm³/mol. The zero-order valence-electron chi connectivity index (χ0n) is 8.64. The van der Waals surface area contributed by atoms with Gasteiger partial charge in [-0.25, -0.2) is 0 Å². The molecule has 1 fully saturated rings. The Kier molecular flexibility index (Phi) is 2.59. The smallest absolute Gasteiger partial charge is 0.294 e. The Balaban J connectivity index is 2.06.